The van der Waals surface area contributed by atoms with Crippen molar-refractivity contribution in [3.63, 3.8) is 0 Å². The lowest BCUT2D eigenvalue weighted by atomic mass is 9.60. The summed E-state index contributed by atoms with van der Waals surface area (Å²) in [7, 11) is 0. The van der Waals surface area contributed by atoms with Crippen molar-refractivity contribution in [1.29, 1.82) is 0 Å². The van der Waals surface area contributed by atoms with Crippen molar-refractivity contribution in [1.82, 2.24) is 0 Å². The molecule has 13 unspecified atom stereocenters. The molecule has 13 atom stereocenters. The van der Waals surface area contributed by atoms with Crippen LogP contribution in [0.15, 0.2) is 0 Å². The van der Waals surface area contributed by atoms with E-state index in [4.69, 9.17) is 14.2 Å². The van der Waals surface area contributed by atoms with Gasteiger partial charge in [-0.15, -0.1) is 0 Å². The number of alkyl halides is 3. The second-order valence-electron chi connectivity index (χ2n) is 17.0. The fourth-order valence-electron chi connectivity index (χ4n) is 11.7. The van der Waals surface area contributed by atoms with Crippen molar-refractivity contribution in [2.45, 2.75) is 124 Å². The van der Waals surface area contributed by atoms with Gasteiger partial charge in [0.2, 0.25) is 0 Å². The molecule has 2 aliphatic heterocycles. The van der Waals surface area contributed by atoms with E-state index in [1.54, 1.807) is 0 Å². The maximum Gasteiger partial charge on any atom is 0.417 e. The van der Waals surface area contributed by atoms with E-state index in [9.17, 15) is 22.8 Å². The number of halogens is 3. The summed E-state index contributed by atoms with van der Waals surface area (Å²) in [6.07, 6.45) is -1.17. The molecule has 6 aliphatic rings. The van der Waals surface area contributed by atoms with Gasteiger partial charge >= 0.3 is 18.1 Å². The summed E-state index contributed by atoms with van der Waals surface area (Å²) in [5, 5.41) is 0. The molecule has 41 heavy (non-hydrogen) atoms. The summed E-state index contributed by atoms with van der Waals surface area (Å²) in [5.74, 6) is -0.988. The summed E-state index contributed by atoms with van der Waals surface area (Å²) in [4.78, 5) is 26.6. The molecule has 2 saturated heterocycles. The third-order valence-electron chi connectivity index (χ3n) is 12.8. The van der Waals surface area contributed by atoms with Crippen molar-refractivity contribution in [2.75, 3.05) is 0 Å². The fraction of sp³-hybridized carbons (Fsp3) is 0.939. The van der Waals surface area contributed by atoms with Crippen molar-refractivity contribution in [3.8, 4) is 0 Å². The Morgan fingerprint density at radius 1 is 0.902 bits per heavy atom. The SMILES string of the molecule is CC1C2CC(CC2C(C)(C)OC(C)(C)C)C1C1C(=O)OC(=O)C1CC(C)(C)C1C2CC3C1OC(C)(C(F)(F)F)C3C2. The Labute approximate surface area is 243 Å². The zero-order valence-corrected chi connectivity index (χ0v) is 26.1. The Kier molecular flexibility index (Phi) is 6.53. The highest BCUT2D eigenvalue weighted by molar-refractivity contribution is 5.96. The fourth-order valence-corrected chi connectivity index (χ4v) is 11.7. The highest BCUT2D eigenvalue weighted by Crippen LogP contribution is 2.69. The number of carbonyl (C=O) groups excluding carboxylic acids is 2. The average Bonchev–Trinajstić information content (AvgIpc) is 3.59. The van der Waals surface area contributed by atoms with Gasteiger partial charge in [-0.25, -0.2) is 0 Å². The van der Waals surface area contributed by atoms with E-state index in [1.807, 2.05) is 0 Å². The van der Waals surface area contributed by atoms with Crippen molar-refractivity contribution in [3.05, 3.63) is 0 Å². The van der Waals surface area contributed by atoms with Crippen LogP contribution in [0.4, 0.5) is 13.2 Å². The molecule has 0 amide bonds. The largest absolute Gasteiger partial charge is 0.417 e. The minimum absolute atomic E-state index is 0.0714. The molecule has 0 aromatic heterocycles. The van der Waals surface area contributed by atoms with Gasteiger partial charge in [-0.1, -0.05) is 20.8 Å². The normalized spacial score (nSPS) is 47.6. The first-order chi connectivity index (χ1) is 18.7. The van der Waals surface area contributed by atoms with Gasteiger partial charge in [0.05, 0.1) is 29.1 Å². The summed E-state index contributed by atoms with van der Waals surface area (Å²) in [6.45, 7) is 18.2. The van der Waals surface area contributed by atoms with Gasteiger partial charge < -0.3 is 14.2 Å². The third kappa shape index (κ3) is 4.37. The van der Waals surface area contributed by atoms with Crippen molar-refractivity contribution in [2.24, 2.45) is 70.5 Å². The van der Waals surface area contributed by atoms with Crippen LogP contribution in [-0.2, 0) is 23.8 Å². The standard InChI is InChI=1S/C33H49F3O5/c1-15-18-10-16(12-21(18)31(7,8)41-29(2,3)4)23(15)24-20(27(37)39-28(24)38)14-30(5,6)25-17-11-19-22(13-17)32(9,33(34,35)36)40-26(19)25/h15-26H,10-14H2,1-9H3. The average molecular weight is 583 g/mol. The molecule has 8 heteroatoms. The van der Waals surface area contributed by atoms with E-state index in [0.29, 0.717) is 30.6 Å². The predicted octanol–water partition coefficient (Wildman–Crippen LogP) is 7.21. The van der Waals surface area contributed by atoms with Crippen LogP contribution in [0, 0.1) is 70.5 Å². The molecule has 6 rings (SSSR count). The molecule has 0 aromatic rings. The summed E-state index contributed by atoms with van der Waals surface area (Å²) >= 11 is 0. The van der Waals surface area contributed by atoms with E-state index in [-0.39, 0.29) is 40.8 Å². The number of cyclic esters (lactones) is 2. The first kappa shape index (κ1) is 29.9. The van der Waals surface area contributed by atoms with Crippen LogP contribution >= 0.6 is 0 Å². The van der Waals surface area contributed by atoms with E-state index >= 15 is 0 Å². The predicted molar refractivity (Wildman–Crippen MR) is 146 cm³/mol. The number of hydrogen-bond acceptors (Lipinski definition) is 5. The number of hydrogen-bond donors (Lipinski definition) is 0. The first-order valence-corrected chi connectivity index (χ1v) is 15.9. The highest BCUT2D eigenvalue weighted by atomic mass is 19.4. The Balaban J connectivity index is 1.21. The van der Waals surface area contributed by atoms with Crippen molar-refractivity contribution >= 4 is 11.9 Å². The van der Waals surface area contributed by atoms with Crippen LogP contribution in [0.2, 0.25) is 0 Å². The van der Waals surface area contributed by atoms with Gasteiger partial charge in [0, 0.05) is 5.92 Å². The van der Waals surface area contributed by atoms with Gasteiger partial charge in [-0.3, -0.25) is 9.59 Å². The quantitative estimate of drug-likeness (QED) is 0.245. The summed E-state index contributed by atoms with van der Waals surface area (Å²) < 4.78 is 60.1. The molecule has 4 aliphatic carbocycles. The van der Waals surface area contributed by atoms with Gasteiger partial charge in [-0.05, 0) is 126 Å². The van der Waals surface area contributed by atoms with E-state index in [2.05, 4.69) is 55.4 Å². The zero-order valence-electron chi connectivity index (χ0n) is 26.1. The Hall–Kier alpha value is -1.15. The topological polar surface area (TPSA) is 61.8 Å². The van der Waals surface area contributed by atoms with Crippen LogP contribution in [-0.4, -0.2) is 41.0 Å². The molecule has 4 saturated carbocycles. The van der Waals surface area contributed by atoms with E-state index < -0.39 is 53.0 Å². The molecule has 0 aromatic carbocycles. The van der Waals surface area contributed by atoms with Crippen LogP contribution in [0.25, 0.3) is 0 Å². The lowest BCUT2D eigenvalue weighted by molar-refractivity contribution is -0.276. The zero-order chi connectivity index (χ0) is 30.2. The van der Waals surface area contributed by atoms with Crippen molar-refractivity contribution < 1.29 is 37.0 Å². The molecular formula is C33H49F3O5. The Morgan fingerprint density at radius 3 is 2.12 bits per heavy atom. The van der Waals surface area contributed by atoms with Gasteiger partial charge in [-0.2, -0.15) is 13.2 Å². The van der Waals surface area contributed by atoms with Crippen LogP contribution < -0.4 is 0 Å². The molecule has 6 fully saturated rings. The third-order valence-corrected chi connectivity index (χ3v) is 12.8. The minimum atomic E-state index is -4.41. The van der Waals surface area contributed by atoms with E-state index in [0.717, 1.165) is 19.3 Å². The number of rotatable bonds is 6. The summed E-state index contributed by atoms with van der Waals surface area (Å²) in [6, 6.07) is 0. The molecule has 0 radical (unpaired) electrons. The smallest absolute Gasteiger partial charge is 0.393 e. The molecule has 5 nitrogen and oxygen atoms in total. The Morgan fingerprint density at radius 2 is 1.54 bits per heavy atom. The summed E-state index contributed by atoms with van der Waals surface area (Å²) in [5.41, 5.74) is -3.13. The van der Waals surface area contributed by atoms with Crippen LogP contribution in [0.1, 0.15) is 94.4 Å². The van der Waals surface area contributed by atoms with Gasteiger partial charge in [0.15, 0.2) is 5.60 Å². The number of esters is 2. The van der Waals surface area contributed by atoms with Crippen LogP contribution in [0.3, 0.4) is 0 Å². The number of fused-ring (bicyclic) bond motifs is 3. The Bertz CT molecular complexity index is 1110. The lowest BCUT2D eigenvalue weighted by Gasteiger charge is -2.46. The number of carbonyl (C=O) groups is 2. The maximum absolute atomic E-state index is 14.1. The van der Waals surface area contributed by atoms with E-state index in [1.165, 1.54) is 6.92 Å². The van der Waals surface area contributed by atoms with Crippen LogP contribution in [0.5, 0.6) is 0 Å². The second kappa shape index (κ2) is 8.95. The highest BCUT2D eigenvalue weighted by Gasteiger charge is 2.74. The van der Waals surface area contributed by atoms with Gasteiger partial charge in [0.25, 0.3) is 0 Å². The minimum Gasteiger partial charge on any atom is -0.393 e. The monoisotopic (exact) mass is 582 g/mol. The lowest BCUT2D eigenvalue weighted by Crippen LogP contribution is -2.47. The van der Waals surface area contributed by atoms with Gasteiger partial charge in [0.1, 0.15) is 0 Å². The molecule has 232 valence electrons. The molecule has 0 spiro atoms. The molecular weight excluding hydrogens is 533 g/mol. The molecule has 2 heterocycles. The number of ether oxygens (including phenoxy) is 3. The molecule has 4 bridgehead atoms. The second-order valence-corrected chi connectivity index (χ2v) is 17.0. The first-order valence-electron chi connectivity index (χ1n) is 15.9. The maximum atomic E-state index is 14.1. The molecule has 0 N–H and O–H groups in total.